The lowest BCUT2D eigenvalue weighted by Gasteiger charge is -2.51. The van der Waals surface area contributed by atoms with Gasteiger partial charge in [-0.25, -0.2) is 0 Å². The van der Waals surface area contributed by atoms with Crippen molar-refractivity contribution >= 4 is 0 Å². The van der Waals surface area contributed by atoms with Crippen LogP contribution < -0.4 is 0 Å². The van der Waals surface area contributed by atoms with Crippen molar-refractivity contribution in [1.82, 2.24) is 0 Å². The SMILES string of the molecule is COC1OC2C(C)=CCC3C(C)CC(O)C(=C1CO)C23. The number of aliphatic hydroxyl groups is 2. The summed E-state index contributed by atoms with van der Waals surface area (Å²) in [6, 6.07) is 0. The Bertz CT molecular complexity index is 453. The van der Waals surface area contributed by atoms with Gasteiger partial charge in [-0.15, -0.1) is 0 Å². The Hall–Kier alpha value is -0.680. The fourth-order valence-electron chi connectivity index (χ4n) is 4.28. The maximum Gasteiger partial charge on any atom is 0.182 e. The predicted octanol–water partition coefficient (Wildman–Crippen LogP) is 1.63. The van der Waals surface area contributed by atoms with Gasteiger partial charge in [0.15, 0.2) is 6.29 Å². The molecule has 2 N–H and O–H groups in total. The molecule has 6 unspecified atom stereocenters. The van der Waals surface area contributed by atoms with Crippen molar-refractivity contribution in [2.45, 2.75) is 45.2 Å². The average molecular weight is 280 g/mol. The average Bonchev–Trinajstić information content (AvgIpc) is 2.44. The van der Waals surface area contributed by atoms with E-state index in [2.05, 4.69) is 19.9 Å². The Morgan fingerprint density at radius 2 is 2.20 bits per heavy atom. The molecule has 4 heteroatoms. The van der Waals surface area contributed by atoms with Crippen LogP contribution in [0.25, 0.3) is 0 Å². The summed E-state index contributed by atoms with van der Waals surface area (Å²) in [5.74, 6) is 1.14. The van der Waals surface area contributed by atoms with E-state index in [0.29, 0.717) is 11.8 Å². The number of hydrogen-bond acceptors (Lipinski definition) is 4. The lowest BCUT2D eigenvalue weighted by atomic mass is 9.60. The number of methoxy groups -OCH3 is 1. The lowest BCUT2D eigenvalue weighted by molar-refractivity contribution is -0.165. The molecule has 0 aromatic rings. The molecule has 0 radical (unpaired) electrons. The third-order valence-electron chi connectivity index (χ3n) is 5.30. The van der Waals surface area contributed by atoms with E-state index in [4.69, 9.17) is 9.47 Å². The molecule has 1 heterocycles. The molecule has 0 saturated heterocycles. The van der Waals surface area contributed by atoms with Gasteiger partial charge in [0.1, 0.15) is 0 Å². The Labute approximate surface area is 120 Å². The van der Waals surface area contributed by atoms with E-state index in [0.717, 1.165) is 24.0 Å². The Morgan fingerprint density at radius 3 is 2.85 bits per heavy atom. The first-order chi connectivity index (χ1) is 9.58. The topological polar surface area (TPSA) is 58.9 Å². The van der Waals surface area contributed by atoms with Crippen molar-refractivity contribution in [1.29, 1.82) is 0 Å². The smallest absolute Gasteiger partial charge is 0.182 e. The fourth-order valence-corrected chi connectivity index (χ4v) is 4.28. The van der Waals surface area contributed by atoms with Gasteiger partial charge < -0.3 is 19.7 Å². The van der Waals surface area contributed by atoms with E-state index in [9.17, 15) is 10.2 Å². The number of allylic oxidation sites excluding steroid dienone is 1. The number of rotatable bonds is 2. The normalized spacial score (nSPS) is 44.1. The maximum atomic E-state index is 10.5. The zero-order chi connectivity index (χ0) is 14.4. The van der Waals surface area contributed by atoms with Gasteiger partial charge in [-0.1, -0.05) is 13.0 Å². The van der Waals surface area contributed by atoms with Gasteiger partial charge in [0.05, 0.1) is 18.8 Å². The molecule has 2 aliphatic carbocycles. The van der Waals surface area contributed by atoms with E-state index < -0.39 is 12.4 Å². The largest absolute Gasteiger partial charge is 0.392 e. The van der Waals surface area contributed by atoms with Gasteiger partial charge in [0, 0.05) is 18.6 Å². The standard InChI is InChI=1S/C16H24O4/c1-8-4-5-10-9(2)6-12(18)13-11(7-17)16(19-3)20-15(8)14(10)13/h4,9-10,12,14-18H,5-7H2,1-3H3. The minimum atomic E-state index is -0.540. The minimum Gasteiger partial charge on any atom is -0.392 e. The Balaban J connectivity index is 2.11. The summed E-state index contributed by atoms with van der Waals surface area (Å²) in [6.07, 6.45) is 3.00. The molecule has 3 aliphatic rings. The van der Waals surface area contributed by atoms with Crippen molar-refractivity contribution in [3.05, 3.63) is 22.8 Å². The Morgan fingerprint density at radius 1 is 1.45 bits per heavy atom. The summed E-state index contributed by atoms with van der Waals surface area (Å²) < 4.78 is 11.4. The van der Waals surface area contributed by atoms with E-state index in [1.807, 2.05) is 0 Å². The number of aliphatic hydroxyl groups excluding tert-OH is 2. The van der Waals surface area contributed by atoms with Crippen LogP contribution in [0.15, 0.2) is 22.8 Å². The van der Waals surface area contributed by atoms with E-state index >= 15 is 0 Å². The van der Waals surface area contributed by atoms with Crippen LogP contribution in [0.5, 0.6) is 0 Å². The van der Waals surface area contributed by atoms with Crippen molar-refractivity contribution in [2.24, 2.45) is 17.8 Å². The number of hydrogen-bond donors (Lipinski definition) is 2. The fraction of sp³-hybridized carbons (Fsp3) is 0.750. The molecule has 0 amide bonds. The molecule has 0 spiro atoms. The predicted molar refractivity (Wildman–Crippen MR) is 74.9 cm³/mol. The van der Waals surface area contributed by atoms with Crippen molar-refractivity contribution in [3.8, 4) is 0 Å². The molecule has 1 saturated carbocycles. The zero-order valence-corrected chi connectivity index (χ0v) is 12.4. The van der Waals surface area contributed by atoms with Crippen LogP contribution in [0.4, 0.5) is 0 Å². The van der Waals surface area contributed by atoms with Gasteiger partial charge in [0.2, 0.25) is 0 Å². The first kappa shape index (κ1) is 14.3. The molecule has 112 valence electrons. The highest BCUT2D eigenvalue weighted by Gasteiger charge is 2.50. The van der Waals surface area contributed by atoms with Crippen molar-refractivity contribution in [2.75, 3.05) is 13.7 Å². The number of ether oxygens (including phenoxy) is 2. The molecule has 4 nitrogen and oxygen atoms in total. The zero-order valence-electron chi connectivity index (χ0n) is 12.4. The van der Waals surface area contributed by atoms with Crippen LogP contribution in [0, 0.1) is 17.8 Å². The van der Waals surface area contributed by atoms with Crippen molar-refractivity contribution in [3.63, 3.8) is 0 Å². The van der Waals surface area contributed by atoms with E-state index in [-0.39, 0.29) is 18.6 Å². The van der Waals surface area contributed by atoms with Gasteiger partial charge in [0.25, 0.3) is 0 Å². The third-order valence-corrected chi connectivity index (χ3v) is 5.30. The summed E-state index contributed by atoms with van der Waals surface area (Å²) in [5, 5.41) is 20.2. The van der Waals surface area contributed by atoms with Gasteiger partial charge >= 0.3 is 0 Å². The van der Waals surface area contributed by atoms with E-state index in [1.54, 1.807) is 7.11 Å². The molecule has 1 aliphatic heterocycles. The maximum absolute atomic E-state index is 10.5. The highest BCUT2D eigenvalue weighted by molar-refractivity contribution is 5.35. The minimum absolute atomic E-state index is 0.0265. The quantitative estimate of drug-likeness (QED) is 0.755. The molecule has 0 aromatic carbocycles. The Kier molecular flexibility index (Phi) is 3.75. The first-order valence-electron chi connectivity index (χ1n) is 7.45. The summed E-state index contributed by atoms with van der Waals surface area (Å²) >= 11 is 0. The second kappa shape index (κ2) is 5.26. The van der Waals surface area contributed by atoms with Crippen LogP contribution in [0.1, 0.15) is 26.7 Å². The molecule has 0 bridgehead atoms. The molecule has 0 aromatic heterocycles. The monoisotopic (exact) mass is 280 g/mol. The molecule has 20 heavy (non-hydrogen) atoms. The first-order valence-corrected chi connectivity index (χ1v) is 7.45. The van der Waals surface area contributed by atoms with Gasteiger partial charge in [-0.2, -0.15) is 0 Å². The summed E-state index contributed by atoms with van der Waals surface area (Å²) in [4.78, 5) is 0. The molecular weight excluding hydrogens is 256 g/mol. The van der Waals surface area contributed by atoms with Crippen LogP contribution in [-0.2, 0) is 9.47 Å². The molecule has 1 fully saturated rings. The van der Waals surface area contributed by atoms with Crippen LogP contribution >= 0.6 is 0 Å². The summed E-state index contributed by atoms with van der Waals surface area (Å²) in [7, 11) is 1.58. The van der Waals surface area contributed by atoms with Crippen LogP contribution in [-0.4, -0.2) is 42.4 Å². The molecular formula is C16H24O4. The second-order valence-corrected chi connectivity index (χ2v) is 6.37. The summed E-state index contributed by atoms with van der Waals surface area (Å²) in [6.45, 7) is 4.18. The second-order valence-electron chi connectivity index (χ2n) is 6.37. The molecule has 6 atom stereocenters. The van der Waals surface area contributed by atoms with Crippen LogP contribution in [0.3, 0.4) is 0 Å². The van der Waals surface area contributed by atoms with E-state index in [1.165, 1.54) is 5.57 Å². The lowest BCUT2D eigenvalue weighted by Crippen LogP contribution is -2.51. The van der Waals surface area contributed by atoms with Crippen molar-refractivity contribution < 1.29 is 19.7 Å². The van der Waals surface area contributed by atoms with Crippen LogP contribution in [0.2, 0.25) is 0 Å². The summed E-state index contributed by atoms with van der Waals surface area (Å²) in [5.41, 5.74) is 2.92. The highest BCUT2D eigenvalue weighted by Crippen LogP contribution is 2.51. The van der Waals surface area contributed by atoms with Gasteiger partial charge in [-0.3, -0.25) is 0 Å². The molecule has 3 rings (SSSR count). The third kappa shape index (κ3) is 1.98. The highest BCUT2D eigenvalue weighted by atomic mass is 16.7. The van der Waals surface area contributed by atoms with Gasteiger partial charge in [-0.05, 0) is 42.7 Å².